The van der Waals surface area contributed by atoms with Crippen molar-refractivity contribution in [3.8, 4) is 11.8 Å². The molecule has 41 heavy (non-hydrogen) atoms. The fraction of sp³-hybridized carbons (Fsp3) is 0.353. The Bertz CT molecular complexity index is 1510. The number of fused-ring (bicyclic) bond motifs is 1. The minimum absolute atomic E-state index is 0.172. The summed E-state index contributed by atoms with van der Waals surface area (Å²) in [7, 11) is 4.90. The highest BCUT2D eigenvalue weighted by Crippen LogP contribution is 2.47. The summed E-state index contributed by atoms with van der Waals surface area (Å²) in [6.45, 7) is 4.17. The van der Waals surface area contributed by atoms with Crippen molar-refractivity contribution in [1.82, 2.24) is 9.80 Å². The number of amides is 1. The normalized spacial score (nSPS) is 18.8. The zero-order chi connectivity index (χ0) is 29.0. The number of hydrogen-bond acceptors (Lipinski definition) is 6. The number of para-hydroxylation sites is 1. The van der Waals surface area contributed by atoms with E-state index >= 15 is 0 Å². The maximum atomic E-state index is 14.4. The van der Waals surface area contributed by atoms with Gasteiger partial charge < -0.3 is 24.0 Å². The molecule has 1 saturated heterocycles. The highest BCUT2D eigenvalue weighted by molar-refractivity contribution is 5.91. The summed E-state index contributed by atoms with van der Waals surface area (Å²) in [6.07, 6.45) is 6.69. The van der Waals surface area contributed by atoms with Gasteiger partial charge >= 0.3 is 0 Å². The number of allylic oxidation sites excluding steroid dienone is 1. The lowest BCUT2D eigenvalue weighted by Crippen LogP contribution is -2.53. The average molecular weight is 552 g/mol. The Morgan fingerprint density at radius 2 is 1.59 bits per heavy atom. The number of ether oxygens (including phenoxy) is 3. The van der Waals surface area contributed by atoms with E-state index in [1.54, 1.807) is 28.3 Å². The third kappa shape index (κ3) is 5.21. The van der Waals surface area contributed by atoms with Gasteiger partial charge in [0, 0.05) is 64.0 Å². The lowest BCUT2D eigenvalue weighted by molar-refractivity contribution is -0.168. The largest absolute Gasteiger partial charge is 0.496 e. The molecule has 5 rings (SSSR count). The van der Waals surface area contributed by atoms with E-state index in [2.05, 4.69) is 35.2 Å². The van der Waals surface area contributed by atoms with Gasteiger partial charge in [-0.05, 0) is 41.5 Å². The van der Waals surface area contributed by atoms with E-state index in [4.69, 9.17) is 14.2 Å². The Kier molecular flexibility index (Phi) is 8.16. The molecule has 0 bridgehead atoms. The fourth-order valence-electron chi connectivity index (χ4n) is 6.14. The molecule has 1 heterocycles. The molecular formula is C34H37N3O4. The Balaban J connectivity index is 1.46. The summed E-state index contributed by atoms with van der Waals surface area (Å²) >= 11 is 0. The Morgan fingerprint density at radius 3 is 2.24 bits per heavy atom. The first-order valence-corrected chi connectivity index (χ1v) is 14.0. The summed E-state index contributed by atoms with van der Waals surface area (Å²) in [5.41, 5.74) is 1.47. The Hall–Kier alpha value is -4.12. The van der Waals surface area contributed by atoms with Gasteiger partial charge in [0.25, 0.3) is 0 Å². The smallest absolute Gasteiger partial charge is 0.243 e. The van der Waals surface area contributed by atoms with Gasteiger partial charge in [0.1, 0.15) is 11.2 Å². The SMILES string of the molecule is COc1ccccc1[C@H](c1cccc2ccccc12)[C@@](C)(C#N)C(=O)N1CCN(C2=CCC(OC)(OC)C=C2)CC1. The van der Waals surface area contributed by atoms with Gasteiger partial charge in [-0.25, -0.2) is 0 Å². The Morgan fingerprint density at radius 1 is 0.927 bits per heavy atom. The van der Waals surface area contributed by atoms with E-state index in [9.17, 15) is 10.1 Å². The van der Waals surface area contributed by atoms with Crippen molar-refractivity contribution >= 4 is 16.7 Å². The molecule has 1 aliphatic heterocycles. The number of benzene rings is 3. The number of nitrogens with zero attached hydrogens (tertiary/aromatic N) is 3. The van der Waals surface area contributed by atoms with E-state index < -0.39 is 17.1 Å². The van der Waals surface area contributed by atoms with Crippen LogP contribution in [0.4, 0.5) is 0 Å². The third-order valence-corrected chi connectivity index (χ3v) is 8.56. The molecule has 2 atom stereocenters. The van der Waals surface area contributed by atoms with Crippen molar-refractivity contribution < 1.29 is 19.0 Å². The molecule has 0 radical (unpaired) electrons. The molecule has 1 fully saturated rings. The summed E-state index contributed by atoms with van der Waals surface area (Å²) in [6, 6.07) is 24.4. The van der Waals surface area contributed by atoms with Crippen LogP contribution < -0.4 is 4.74 Å². The Labute approximate surface area is 242 Å². The van der Waals surface area contributed by atoms with Gasteiger partial charge in [0.2, 0.25) is 5.91 Å². The third-order valence-electron chi connectivity index (χ3n) is 8.56. The van der Waals surface area contributed by atoms with Crippen LogP contribution in [0.5, 0.6) is 5.75 Å². The highest BCUT2D eigenvalue weighted by atomic mass is 16.7. The molecule has 0 aromatic heterocycles. The molecule has 3 aromatic carbocycles. The molecule has 2 aliphatic rings. The maximum absolute atomic E-state index is 14.4. The number of rotatable bonds is 8. The van der Waals surface area contributed by atoms with Crippen molar-refractivity contribution in [2.45, 2.75) is 25.0 Å². The van der Waals surface area contributed by atoms with Gasteiger partial charge in [-0.2, -0.15) is 5.26 Å². The van der Waals surface area contributed by atoms with Crippen molar-refractivity contribution in [3.63, 3.8) is 0 Å². The average Bonchev–Trinajstić information content (AvgIpc) is 3.05. The number of piperazine rings is 1. The second-order valence-corrected chi connectivity index (χ2v) is 10.7. The fourth-order valence-corrected chi connectivity index (χ4v) is 6.14. The van der Waals surface area contributed by atoms with Crippen LogP contribution in [-0.2, 0) is 14.3 Å². The van der Waals surface area contributed by atoms with Gasteiger partial charge in [0.05, 0.1) is 13.2 Å². The van der Waals surface area contributed by atoms with Crippen LogP contribution >= 0.6 is 0 Å². The molecule has 0 spiro atoms. The van der Waals surface area contributed by atoms with E-state index in [0.717, 1.165) is 27.6 Å². The lowest BCUT2D eigenvalue weighted by Gasteiger charge is -2.42. The zero-order valence-corrected chi connectivity index (χ0v) is 24.2. The van der Waals surface area contributed by atoms with E-state index in [1.807, 2.05) is 65.6 Å². The molecule has 212 valence electrons. The topological polar surface area (TPSA) is 75.0 Å². The van der Waals surface area contributed by atoms with Crippen molar-refractivity contribution in [2.24, 2.45) is 5.41 Å². The molecule has 3 aromatic rings. The van der Waals surface area contributed by atoms with E-state index in [-0.39, 0.29) is 5.91 Å². The van der Waals surface area contributed by atoms with Crippen LogP contribution in [-0.4, -0.2) is 69.0 Å². The minimum atomic E-state index is -1.37. The standard InChI is InChI=1S/C34H37N3O4/c1-33(24-35,32(38)37-22-20-36(21-23-37)26-16-18-34(40-3,41-4)19-17-26)31(29-13-7-8-15-30(29)39-2)28-14-9-11-25-10-5-6-12-27(25)28/h5-18,31H,19-23H2,1-4H3/t31-,33+/m0/s1. The van der Waals surface area contributed by atoms with Crippen LogP contribution in [0, 0.1) is 16.7 Å². The number of carbonyl (C=O) groups is 1. The molecule has 0 unspecified atom stereocenters. The van der Waals surface area contributed by atoms with Crippen molar-refractivity contribution in [3.05, 3.63) is 102 Å². The second-order valence-electron chi connectivity index (χ2n) is 10.7. The van der Waals surface area contributed by atoms with Crippen LogP contribution in [0.15, 0.2) is 90.7 Å². The van der Waals surface area contributed by atoms with Gasteiger partial charge in [-0.3, -0.25) is 4.79 Å². The molecule has 0 saturated carbocycles. The summed E-state index contributed by atoms with van der Waals surface area (Å²) < 4.78 is 16.8. The van der Waals surface area contributed by atoms with Crippen LogP contribution in [0.3, 0.4) is 0 Å². The minimum Gasteiger partial charge on any atom is -0.496 e. The number of nitriles is 1. The quantitative estimate of drug-likeness (QED) is 0.345. The lowest BCUT2D eigenvalue weighted by atomic mass is 9.68. The van der Waals surface area contributed by atoms with Gasteiger partial charge in [-0.1, -0.05) is 66.7 Å². The second kappa shape index (κ2) is 11.8. The maximum Gasteiger partial charge on any atom is 0.243 e. The van der Waals surface area contributed by atoms with Crippen LogP contribution in [0.2, 0.25) is 0 Å². The predicted octanol–water partition coefficient (Wildman–Crippen LogP) is 5.49. The van der Waals surface area contributed by atoms with E-state index in [0.29, 0.717) is 38.3 Å². The summed E-state index contributed by atoms with van der Waals surface area (Å²) in [5.74, 6) is -0.788. The monoisotopic (exact) mass is 551 g/mol. The van der Waals surface area contributed by atoms with Crippen LogP contribution in [0.1, 0.15) is 30.4 Å². The predicted molar refractivity (Wildman–Crippen MR) is 159 cm³/mol. The van der Waals surface area contributed by atoms with E-state index in [1.165, 1.54) is 0 Å². The summed E-state index contributed by atoms with van der Waals surface area (Å²) in [5, 5.41) is 12.9. The first-order chi connectivity index (χ1) is 19.9. The van der Waals surface area contributed by atoms with Crippen LogP contribution in [0.25, 0.3) is 10.8 Å². The number of hydrogen-bond donors (Lipinski definition) is 0. The number of methoxy groups -OCH3 is 3. The highest BCUT2D eigenvalue weighted by Gasteiger charge is 2.47. The zero-order valence-electron chi connectivity index (χ0n) is 24.2. The molecule has 7 heteroatoms. The molecule has 7 nitrogen and oxygen atoms in total. The van der Waals surface area contributed by atoms with Crippen molar-refractivity contribution in [2.75, 3.05) is 47.5 Å². The molecule has 0 N–H and O–H groups in total. The van der Waals surface area contributed by atoms with Gasteiger partial charge in [-0.15, -0.1) is 0 Å². The van der Waals surface area contributed by atoms with Gasteiger partial charge in [0.15, 0.2) is 5.79 Å². The first-order valence-electron chi connectivity index (χ1n) is 14.0. The molecular weight excluding hydrogens is 514 g/mol. The van der Waals surface area contributed by atoms with Crippen molar-refractivity contribution in [1.29, 1.82) is 5.26 Å². The molecule has 1 aliphatic carbocycles. The summed E-state index contributed by atoms with van der Waals surface area (Å²) in [4.78, 5) is 18.5. The number of carbonyl (C=O) groups excluding carboxylic acids is 1. The first kappa shape index (κ1) is 28.4. The molecule has 1 amide bonds.